The van der Waals surface area contributed by atoms with Crippen LogP contribution in [0.5, 0.6) is 0 Å². The second-order valence-corrected chi connectivity index (χ2v) is 16.1. The van der Waals surface area contributed by atoms with E-state index in [0.29, 0.717) is 12.8 Å². The molecule has 0 aromatic rings. The number of hydrogen-bond acceptors (Lipinski definition) is 6. The molecule has 0 N–H and O–H groups in total. The molecular formula is C57H90O6. The van der Waals surface area contributed by atoms with E-state index in [9.17, 15) is 14.4 Å². The van der Waals surface area contributed by atoms with Gasteiger partial charge in [0.25, 0.3) is 0 Å². The molecule has 1 atom stereocenters. The van der Waals surface area contributed by atoms with Crippen molar-refractivity contribution in [2.45, 2.75) is 207 Å². The Morgan fingerprint density at radius 2 is 0.762 bits per heavy atom. The molecule has 0 rings (SSSR count). The molecule has 0 aromatic heterocycles. The highest BCUT2D eigenvalue weighted by molar-refractivity contribution is 5.72. The lowest BCUT2D eigenvalue weighted by Gasteiger charge is -2.18. The third-order valence-electron chi connectivity index (χ3n) is 10.1. The normalized spacial score (nSPS) is 13.1. The minimum Gasteiger partial charge on any atom is -0.462 e. The van der Waals surface area contributed by atoms with Gasteiger partial charge in [0.2, 0.25) is 0 Å². The lowest BCUT2D eigenvalue weighted by Crippen LogP contribution is -2.30. The van der Waals surface area contributed by atoms with Gasteiger partial charge in [-0.1, -0.05) is 226 Å². The number of carbonyl (C=O) groups is 3. The van der Waals surface area contributed by atoms with Gasteiger partial charge in [-0.3, -0.25) is 14.4 Å². The molecule has 0 bridgehead atoms. The Bertz CT molecular complexity index is 1370. The standard InChI is InChI=1S/C57H90O6/c1-4-7-10-13-16-19-21-23-25-27-28-30-31-33-35-38-41-44-47-50-56(59)62-53-54(52-61-55(58)49-46-43-40-37-18-15-12-9-6-3)63-57(60)51-48-45-42-39-36-34-32-29-26-24-22-20-17-14-11-8-5-2/h8-9,11-12,14,17-18,20,22,24,26-29,32,34,36-37,43,46,54H,4-7,10,13,15-16,19,21,23,25,30-31,33,35,38-42,44-45,47-53H2,1-3H3/b11-8-,12-9-,17-14-,22-20-,26-24-,28-27-,32-29+,36-34-,37-18-,46-43-. The van der Waals surface area contributed by atoms with Crippen molar-refractivity contribution in [3.8, 4) is 0 Å². The number of rotatable bonds is 43. The van der Waals surface area contributed by atoms with Gasteiger partial charge < -0.3 is 14.2 Å². The number of hydrogen-bond donors (Lipinski definition) is 0. The number of ether oxygens (including phenoxy) is 3. The van der Waals surface area contributed by atoms with E-state index in [0.717, 1.165) is 64.2 Å². The average Bonchev–Trinajstić information content (AvgIpc) is 3.28. The Hall–Kier alpha value is -4.19. The summed E-state index contributed by atoms with van der Waals surface area (Å²) in [4.78, 5) is 37.8. The molecule has 0 aromatic carbocycles. The van der Waals surface area contributed by atoms with Crippen LogP contribution in [0.3, 0.4) is 0 Å². The van der Waals surface area contributed by atoms with Crippen LogP contribution in [0.2, 0.25) is 0 Å². The fraction of sp³-hybridized carbons (Fsp3) is 0.596. The first-order chi connectivity index (χ1) is 31.0. The fourth-order valence-corrected chi connectivity index (χ4v) is 6.41. The molecule has 6 nitrogen and oxygen atoms in total. The van der Waals surface area contributed by atoms with Crippen LogP contribution in [-0.2, 0) is 28.6 Å². The molecule has 0 heterocycles. The van der Waals surface area contributed by atoms with E-state index in [1.54, 1.807) is 6.08 Å². The second kappa shape index (κ2) is 50.5. The second-order valence-electron chi connectivity index (χ2n) is 16.1. The molecule has 0 saturated heterocycles. The largest absolute Gasteiger partial charge is 0.462 e. The van der Waals surface area contributed by atoms with Crippen LogP contribution in [-0.4, -0.2) is 37.2 Å². The van der Waals surface area contributed by atoms with Crippen molar-refractivity contribution in [2.75, 3.05) is 13.2 Å². The molecule has 0 aliphatic carbocycles. The summed E-state index contributed by atoms with van der Waals surface area (Å²) in [5, 5.41) is 0. The van der Waals surface area contributed by atoms with Crippen LogP contribution in [0.25, 0.3) is 0 Å². The predicted octanol–water partition coefficient (Wildman–Crippen LogP) is 16.5. The number of unbranched alkanes of at least 4 members (excludes halogenated alkanes) is 18. The topological polar surface area (TPSA) is 78.9 Å². The van der Waals surface area contributed by atoms with Gasteiger partial charge in [0.1, 0.15) is 13.2 Å². The highest BCUT2D eigenvalue weighted by Gasteiger charge is 2.19. The molecule has 0 fully saturated rings. The van der Waals surface area contributed by atoms with Crippen molar-refractivity contribution in [1.29, 1.82) is 0 Å². The number of esters is 3. The van der Waals surface area contributed by atoms with Crippen molar-refractivity contribution in [1.82, 2.24) is 0 Å². The summed E-state index contributed by atoms with van der Waals surface area (Å²) in [6.07, 6.45) is 69.4. The first-order valence-corrected chi connectivity index (χ1v) is 25.1. The first-order valence-electron chi connectivity index (χ1n) is 25.1. The van der Waals surface area contributed by atoms with E-state index >= 15 is 0 Å². The summed E-state index contributed by atoms with van der Waals surface area (Å²) in [7, 11) is 0. The average molecular weight is 871 g/mol. The van der Waals surface area contributed by atoms with Crippen molar-refractivity contribution >= 4 is 17.9 Å². The van der Waals surface area contributed by atoms with Crippen LogP contribution < -0.4 is 0 Å². The molecule has 0 amide bonds. The highest BCUT2D eigenvalue weighted by Crippen LogP contribution is 2.13. The quantitative estimate of drug-likeness (QED) is 0.0200. The SMILES string of the molecule is CC\C=C/C=C\C=C/C=C\C=C\C=C/CCCCCC(=O)OC(COC(=O)C/C=C\C/C=C\C/C=C\CC)COC(=O)CCCCCCCCC/C=C\CCCCCCCCCC. The monoisotopic (exact) mass is 871 g/mol. The van der Waals surface area contributed by atoms with Crippen molar-refractivity contribution in [2.24, 2.45) is 0 Å². The Morgan fingerprint density at radius 3 is 1.30 bits per heavy atom. The van der Waals surface area contributed by atoms with Crippen LogP contribution in [0, 0.1) is 0 Å². The molecular weight excluding hydrogens is 781 g/mol. The molecule has 6 heteroatoms. The zero-order valence-corrected chi connectivity index (χ0v) is 40.3. The van der Waals surface area contributed by atoms with E-state index in [1.807, 2.05) is 66.8 Å². The fourth-order valence-electron chi connectivity index (χ4n) is 6.41. The summed E-state index contributed by atoms with van der Waals surface area (Å²) in [5.74, 6) is -1.12. The first kappa shape index (κ1) is 58.8. The zero-order valence-electron chi connectivity index (χ0n) is 40.3. The minimum atomic E-state index is -0.841. The van der Waals surface area contributed by atoms with Crippen molar-refractivity contribution in [3.05, 3.63) is 122 Å². The lowest BCUT2D eigenvalue weighted by molar-refractivity contribution is -0.166. The van der Waals surface area contributed by atoms with E-state index in [-0.39, 0.29) is 38.0 Å². The lowest BCUT2D eigenvalue weighted by atomic mass is 10.1. The van der Waals surface area contributed by atoms with E-state index < -0.39 is 12.1 Å². The molecule has 354 valence electrons. The molecule has 1 unspecified atom stereocenters. The van der Waals surface area contributed by atoms with Gasteiger partial charge in [0, 0.05) is 12.8 Å². The molecule has 0 radical (unpaired) electrons. The summed E-state index contributed by atoms with van der Waals surface area (Å²) in [6.45, 7) is 6.22. The Labute approximate surface area is 386 Å². The maximum Gasteiger partial charge on any atom is 0.309 e. The van der Waals surface area contributed by atoms with Gasteiger partial charge >= 0.3 is 17.9 Å². The predicted molar refractivity (Wildman–Crippen MR) is 269 cm³/mol. The number of carbonyl (C=O) groups excluding carboxylic acids is 3. The Kier molecular flexibility index (Phi) is 47.1. The maximum absolute atomic E-state index is 12.7. The third kappa shape index (κ3) is 48.7. The van der Waals surface area contributed by atoms with Gasteiger partial charge in [-0.25, -0.2) is 0 Å². The van der Waals surface area contributed by atoms with E-state index in [1.165, 1.54) is 89.9 Å². The highest BCUT2D eigenvalue weighted by atomic mass is 16.6. The number of allylic oxidation sites excluding steroid dienone is 19. The van der Waals surface area contributed by atoms with Gasteiger partial charge in [0.05, 0.1) is 6.42 Å². The van der Waals surface area contributed by atoms with Crippen LogP contribution in [0.1, 0.15) is 201 Å². The maximum atomic E-state index is 12.7. The van der Waals surface area contributed by atoms with Gasteiger partial charge in [-0.15, -0.1) is 0 Å². The third-order valence-corrected chi connectivity index (χ3v) is 10.1. The van der Waals surface area contributed by atoms with E-state index in [2.05, 4.69) is 69.4 Å². The molecule has 0 aliphatic rings. The van der Waals surface area contributed by atoms with Crippen LogP contribution >= 0.6 is 0 Å². The molecule has 0 saturated carbocycles. The summed E-state index contributed by atoms with van der Waals surface area (Å²) in [5.41, 5.74) is 0. The van der Waals surface area contributed by atoms with Gasteiger partial charge in [-0.2, -0.15) is 0 Å². The van der Waals surface area contributed by atoms with E-state index in [4.69, 9.17) is 14.2 Å². The Balaban J connectivity index is 4.47. The van der Waals surface area contributed by atoms with Crippen LogP contribution in [0.15, 0.2) is 122 Å². The smallest absolute Gasteiger partial charge is 0.309 e. The van der Waals surface area contributed by atoms with Crippen molar-refractivity contribution in [3.63, 3.8) is 0 Å². The van der Waals surface area contributed by atoms with Gasteiger partial charge in [-0.05, 0) is 77.0 Å². The van der Waals surface area contributed by atoms with Crippen LogP contribution in [0.4, 0.5) is 0 Å². The summed E-state index contributed by atoms with van der Waals surface area (Å²) in [6, 6.07) is 0. The zero-order chi connectivity index (χ0) is 45.8. The van der Waals surface area contributed by atoms with Gasteiger partial charge in [0.15, 0.2) is 6.10 Å². The summed E-state index contributed by atoms with van der Waals surface area (Å²) >= 11 is 0. The summed E-state index contributed by atoms with van der Waals surface area (Å²) < 4.78 is 16.6. The van der Waals surface area contributed by atoms with Crippen molar-refractivity contribution < 1.29 is 28.6 Å². The Morgan fingerprint density at radius 1 is 0.365 bits per heavy atom. The molecule has 0 aliphatic heterocycles. The molecule has 0 spiro atoms. The molecule has 63 heavy (non-hydrogen) atoms. The minimum absolute atomic E-state index is 0.119.